The summed E-state index contributed by atoms with van der Waals surface area (Å²) in [6.07, 6.45) is -1.11. The molecule has 2 fully saturated rings. The lowest BCUT2D eigenvalue weighted by Gasteiger charge is -2.37. The van der Waals surface area contributed by atoms with Crippen LogP contribution in [0.4, 0.5) is 11.4 Å². The Labute approximate surface area is 250 Å². The number of para-hydroxylation sites is 2. The molecule has 226 valence electrons. The molecule has 8 heteroatoms. The topological polar surface area (TPSA) is 71.9 Å². The number of aliphatic hydroxyl groups excluding tert-OH is 2. The van der Waals surface area contributed by atoms with Gasteiger partial charge in [-0.25, -0.2) is 0 Å². The maximum absolute atomic E-state index is 10.6. The van der Waals surface area contributed by atoms with E-state index in [0.29, 0.717) is 24.6 Å². The van der Waals surface area contributed by atoms with Gasteiger partial charge in [-0.3, -0.25) is 9.80 Å². The van der Waals surface area contributed by atoms with Gasteiger partial charge in [-0.2, -0.15) is 0 Å². The zero-order valence-corrected chi connectivity index (χ0v) is 25.1. The predicted molar refractivity (Wildman–Crippen MR) is 169 cm³/mol. The third kappa shape index (κ3) is 8.38. The van der Waals surface area contributed by atoms with Crippen molar-refractivity contribution >= 4 is 11.4 Å². The van der Waals surface area contributed by atoms with Crippen molar-refractivity contribution in [2.45, 2.75) is 26.1 Å². The molecule has 0 aromatic heterocycles. The predicted octanol–water partition coefficient (Wildman–Crippen LogP) is 3.43. The molecule has 0 unspecified atom stereocenters. The lowest BCUT2D eigenvalue weighted by Crippen LogP contribution is -2.49. The van der Waals surface area contributed by atoms with E-state index in [9.17, 15) is 10.2 Å². The maximum Gasteiger partial charge on any atom is 0.119 e. The van der Waals surface area contributed by atoms with Gasteiger partial charge in [0, 0.05) is 76.8 Å². The Balaban J connectivity index is 0.960. The number of nitrogens with zero attached hydrogens (tertiary/aromatic N) is 4. The van der Waals surface area contributed by atoms with Gasteiger partial charge in [-0.05, 0) is 61.4 Å². The molecule has 42 heavy (non-hydrogen) atoms. The van der Waals surface area contributed by atoms with Crippen LogP contribution in [-0.4, -0.2) is 111 Å². The molecule has 0 spiro atoms. The van der Waals surface area contributed by atoms with Crippen molar-refractivity contribution < 1.29 is 19.7 Å². The first kappa shape index (κ1) is 30.2. The van der Waals surface area contributed by atoms with Crippen molar-refractivity contribution in [1.29, 1.82) is 0 Å². The number of benzene rings is 3. The quantitative estimate of drug-likeness (QED) is 0.341. The van der Waals surface area contributed by atoms with Crippen LogP contribution < -0.4 is 19.3 Å². The zero-order valence-electron chi connectivity index (χ0n) is 25.1. The number of rotatable bonds is 12. The Kier molecular flexibility index (Phi) is 10.6. The van der Waals surface area contributed by atoms with Crippen molar-refractivity contribution in [3.05, 3.63) is 83.9 Å². The Hall–Kier alpha value is -3.30. The number of aryl methyl sites for hydroxylation is 2. The highest BCUT2D eigenvalue weighted by Gasteiger charge is 2.22. The number of ether oxygens (including phenoxy) is 2. The molecule has 0 amide bonds. The smallest absolute Gasteiger partial charge is 0.119 e. The molecular weight excluding hydrogens is 528 g/mol. The van der Waals surface area contributed by atoms with Gasteiger partial charge in [0.2, 0.25) is 0 Å². The van der Waals surface area contributed by atoms with Crippen molar-refractivity contribution in [3.8, 4) is 11.5 Å². The summed E-state index contributed by atoms with van der Waals surface area (Å²) < 4.78 is 11.7. The fourth-order valence-corrected chi connectivity index (χ4v) is 5.90. The number of β-amino-alcohol motifs (C(OH)–C–C–N with tert-alkyl or cyclic N) is 2. The number of anilines is 2. The second-order valence-electron chi connectivity index (χ2n) is 11.5. The Bertz CT molecular complexity index is 1140. The van der Waals surface area contributed by atoms with Gasteiger partial charge in [0.25, 0.3) is 0 Å². The van der Waals surface area contributed by atoms with Gasteiger partial charge in [0.05, 0.1) is 0 Å². The van der Waals surface area contributed by atoms with Gasteiger partial charge >= 0.3 is 0 Å². The largest absolute Gasteiger partial charge is 0.491 e. The van der Waals surface area contributed by atoms with Gasteiger partial charge in [-0.1, -0.05) is 36.4 Å². The Morgan fingerprint density at radius 1 is 0.548 bits per heavy atom. The van der Waals surface area contributed by atoms with Crippen LogP contribution in [0.15, 0.2) is 72.8 Å². The summed E-state index contributed by atoms with van der Waals surface area (Å²) in [5.74, 6) is 1.38. The molecule has 2 atom stereocenters. The molecular formula is C34H46N4O4. The minimum atomic E-state index is -0.556. The number of hydrogen-bond acceptors (Lipinski definition) is 8. The fourth-order valence-electron chi connectivity index (χ4n) is 5.90. The molecule has 8 nitrogen and oxygen atoms in total. The zero-order chi connectivity index (χ0) is 29.3. The lowest BCUT2D eigenvalue weighted by molar-refractivity contribution is 0.0650. The van der Waals surface area contributed by atoms with Crippen molar-refractivity contribution in [2.75, 3.05) is 88.5 Å². The standard InChI is InChI=1S/C34H46N4O4/c1-27-7-3-5-9-33(27)37-19-15-35(16-20-37)23-29(39)25-41-31-11-13-32(14-12-31)42-26-30(40)24-36-17-21-38(22-18-36)34-10-6-4-8-28(34)2/h3-14,29-30,39-40H,15-26H2,1-2H3/t29-,30+. The molecule has 3 aromatic rings. The van der Waals surface area contributed by atoms with E-state index in [1.54, 1.807) is 0 Å². The molecule has 2 aliphatic rings. The van der Waals surface area contributed by atoms with E-state index < -0.39 is 12.2 Å². The van der Waals surface area contributed by atoms with Crippen LogP contribution >= 0.6 is 0 Å². The highest BCUT2D eigenvalue weighted by molar-refractivity contribution is 5.54. The number of piperazine rings is 2. The van der Waals surface area contributed by atoms with E-state index >= 15 is 0 Å². The molecule has 0 aliphatic carbocycles. The maximum atomic E-state index is 10.6. The van der Waals surface area contributed by atoms with Crippen LogP contribution in [-0.2, 0) is 0 Å². The van der Waals surface area contributed by atoms with Crippen LogP contribution in [0.2, 0.25) is 0 Å². The van der Waals surface area contributed by atoms with Crippen molar-refractivity contribution in [3.63, 3.8) is 0 Å². The summed E-state index contributed by atoms with van der Waals surface area (Å²) in [7, 11) is 0. The highest BCUT2D eigenvalue weighted by Crippen LogP contribution is 2.23. The molecule has 0 radical (unpaired) electrons. The van der Waals surface area contributed by atoms with Gasteiger partial charge in [0.1, 0.15) is 36.9 Å². The molecule has 5 rings (SSSR count). The lowest BCUT2D eigenvalue weighted by atomic mass is 10.1. The van der Waals surface area contributed by atoms with Crippen molar-refractivity contribution in [2.24, 2.45) is 0 Å². The highest BCUT2D eigenvalue weighted by atomic mass is 16.5. The van der Waals surface area contributed by atoms with Crippen LogP contribution in [0, 0.1) is 13.8 Å². The summed E-state index contributed by atoms with van der Waals surface area (Å²) in [5, 5.41) is 21.1. The second-order valence-corrected chi connectivity index (χ2v) is 11.5. The number of aliphatic hydroxyl groups is 2. The summed E-state index contributed by atoms with van der Waals surface area (Å²) in [6.45, 7) is 13.5. The molecule has 3 aromatic carbocycles. The SMILES string of the molecule is Cc1ccccc1N1CCN(C[C@H](O)COc2ccc(OC[C@H](O)CN3CCN(c4ccccc4C)CC3)cc2)CC1. The second kappa shape index (κ2) is 14.7. The average molecular weight is 575 g/mol. The average Bonchev–Trinajstić information content (AvgIpc) is 3.01. The first-order chi connectivity index (χ1) is 20.4. The Morgan fingerprint density at radius 3 is 1.26 bits per heavy atom. The van der Waals surface area contributed by atoms with Gasteiger partial charge in [0.15, 0.2) is 0 Å². The van der Waals surface area contributed by atoms with E-state index in [1.807, 2.05) is 24.3 Å². The minimum absolute atomic E-state index is 0.244. The van der Waals surface area contributed by atoms with Crippen LogP contribution in [0.25, 0.3) is 0 Å². The third-order valence-corrected chi connectivity index (χ3v) is 8.30. The first-order valence-corrected chi connectivity index (χ1v) is 15.2. The summed E-state index contributed by atoms with van der Waals surface area (Å²) in [4.78, 5) is 9.45. The van der Waals surface area contributed by atoms with E-state index in [0.717, 1.165) is 52.4 Å². The molecule has 2 heterocycles. The van der Waals surface area contributed by atoms with Crippen LogP contribution in [0.3, 0.4) is 0 Å². The molecule has 2 N–H and O–H groups in total. The molecule has 2 saturated heterocycles. The monoisotopic (exact) mass is 574 g/mol. The fraction of sp³-hybridized carbons (Fsp3) is 0.471. The summed E-state index contributed by atoms with van der Waals surface area (Å²) in [5.41, 5.74) is 5.21. The van der Waals surface area contributed by atoms with Gasteiger partial charge in [-0.15, -0.1) is 0 Å². The minimum Gasteiger partial charge on any atom is -0.491 e. The van der Waals surface area contributed by atoms with E-state index in [1.165, 1.54) is 22.5 Å². The van der Waals surface area contributed by atoms with Crippen molar-refractivity contribution in [1.82, 2.24) is 9.80 Å². The first-order valence-electron chi connectivity index (χ1n) is 15.2. The summed E-state index contributed by atoms with van der Waals surface area (Å²) >= 11 is 0. The molecule has 0 bridgehead atoms. The number of hydrogen-bond donors (Lipinski definition) is 2. The van der Waals surface area contributed by atoms with E-state index in [4.69, 9.17) is 9.47 Å². The van der Waals surface area contributed by atoms with E-state index in [-0.39, 0.29) is 13.2 Å². The van der Waals surface area contributed by atoms with E-state index in [2.05, 4.69) is 82.0 Å². The summed E-state index contributed by atoms with van der Waals surface area (Å²) in [6, 6.07) is 24.4. The van der Waals surface area contributed by atoms with Gasteiger partial charge < -0.3 is 29.5 Å². The van der Waals surface area contributed by atoms with Crippen LogP contribution in [0.5, 0.6) is 11.5 Å². The molecule has 2 aliphatic heterocycles. The molecule has 0 saturated carbocycles. The Morgan fingerprint density at radius 2 is 0.905 bits per heavy atom. The third-order valence-electron chi connectivity index (χ3n) is 8.30. The van der Waals surface area contributed by atoms with Crippen LogP contribution in [0.1, 0.15) is 11.1 Å². The normalized spacial score (nSPS) is 18.1.